The number of nitrogens with one attached hydrogen (secondary N) is 1. The van der Waals surface area contributed by atoms with Gasteiger partial charge in [0.2, 0.25) is 0 Å². The van der Waals surface area contributed by atoms with Crippen LogP contribution >= 0.6 is 0 Å². The molecule has 1 amide bonds. The lowest BCUT2D eigenvalue weighted by atomic mass is 10.0. The van der Waals surface area contributed by atoms with E-state index in [0.717, 1.165) is 24.2 Å². The molecule has 1 saturated carbocycles. The Morgan fingerprint density at radius 1 is 1.24 bits per heavy atom. The molecule has 1 aliphatic carbocycles. The van der Waals surface area contributed by atoms with Gasteiger partial charge >= 0.3 is 0 Å². The van der Waals surface area contributed by atoms with Crippen molar-refractivity contribution in [2.24, 2.45) is 5.92 Å². The molecule has 0 bridgehead atoms. The van der Waals surface area contributed by atoms with E-state index in [0.29, 0.717) is 17.0 Å². The van der Waals surface area contributed by atoms with Crippen LogP contribution in [0.3, 0.4) is 0 Å². The first-order valence-corrected chi connectivity index (χ1v) is 8.19. The van der Waals surface area contributed by atoms with Crippen LogP contribution in [0, 0.1) is 23.0 Å². The molecule has 130 valence electrons. The van der Waals surface area contributed by atoms with Gasteiger partial charge in [-0.05, 0) is 55.5 Å². The van der Waals surface area contributed by atoms with E-state index < -0.39 is 4.92 Å². The van der Waals surface area contributed by atoms with E-state index in [2.05, 4.69) is 5.32 Å². The van der Waals surface area contributed by atoms with Crippen molar-refractivity contribution in [2.75, 3.05) is 7.11 Å². The Balaban J connectivity index is 1.79. The van der Waals surface area contributed by atoms with Crippen LogP contribution in [0.1, 0.15) is 40.4 Å². The van der Waals surface area contributed by atoms with E-state index in [1.165, 1.54) is 12.1 Å². The summed E-state index contributed by atoms with van der Waals surface area (Å²) in [6.45, 7) is 1.64. The van der Waals surface area contributed by atoms with Gasteiger partial charge in [-0.25, -0.2) is 0 Å². The number of amides is 1. The number of hydrogen-bond acceptors (Lipinski definition) is 4. The van der Waals surface area contributed by atoms with Crippen molar-refractivity contribution in [1.82, 2.24) is 5.32 Å². The molecule has 2 aromatic carbocycles. The summed E-state index contributed by atoms with van der Waals surface area (Å²) in [6.07, 6.45) is 2.16. The molecule has 1 aliphatic rings. The predicted molar refractivity (Wildman–Crippen MR) is 93.8 cm³/mol. The fraction of sp³-hybridized carbons (Fsp3) is 0.316. The molecule has 1 N–H and O–H groups in total. The number of carbonyl (C=O) groups is 1. The largest absolute Gasteiger partial charge is 0.497 e. The number of benzene rings is 2. The maximum atomic E-state index is 12.6. The van der Waals surface area contributed by atoms with Crippen LogP contribution in [0.4, 0.5) is 5.69 Å². The molecule has 0 spiro atoms. The summed E-state index contributed by atoms with van der Waals surface area (Å²) in [6, 6.07) is 12.1. The molecule has 25 heavy (non-hydrogen) atoms. The lowest BCUT2D eigenvalue weighted by molar-refractivity contribution is -0.385. The molecule has 3 rings (SSSR count). The van der Waals surface area contributed by atoms with Crippen LogP contribution in [0.15, 0.2) is 42.5 Å². The first-order valence-electron chi connectivity index (χ1n) is 8.19. The average molecular weight is 340 g/mol. The normalized spacial score (nSPS) is 14.6. The zero-order valence-corrected chi connectivity index (χ0v) is 14.2. The van der Waals surface area contributed by atoms with E-state index >= 15 is 0 Å². The highest BCUT2D eigenvalue weighted by molar-refractivity contribution is 5.95. The highest BCUT2D eigenvalue weighted by Gasteiger charge is 2.33. The summed E-state index contributed by atoms with van der Waals surface area (Å²) in [4.78, 5) is 23.1. The molecule has 1 fully saturated rings. The van der Waals surface area contributed by atoms with Crippen LogP contribution in [0.25, 0.3) is 0 Å². The molecule has 0 aromatic heterocycles. The Kier molecular flexibility index (Phi) is 4.70. The predicted octanol–water partition coefficient (Wildman–Crippen LogP) is 3.79. The number of carbonyl (C=O) groups excluding carboxylic acids is 1. The number of rotatable bonds is 6. The van der Waals surface area contributed by atoms with Gasteiger partial charge in [-0.2, -0.15) is 0 Å². The Morgan fingerprint density at radius 3 is 2.44 bits per heavy atom. The molecule has 6 heteroatoms. The smallest absolute Gasteiger partial charge is 0.272 e. The summed E-state index contributed by atoms with van der Waals surface area (Å²) in [7, 11) is 1.62. The summed E-state index contributed by atoms with van der Waals surface area (Å²) >= 11 is 0. The number of nitro groups is 1. The standard InChI is InChI=1S/C19H20N2O4/c1-12-11-15(7-10-17(12)21(23)24)19(22)20-18(13-3-4-13)14-5-8-16(25-2)9-6-14/h5-11,13,18H,3-4H2,1-2H3,(H,20,22). The van der Waals surface area contributed by atoms with Crippen LogP contribution in [0.5, 0.6) is 5.75 Å². The Hall–Kier alpha value is -2.89. The van der Waals surface area contributed by atoms with Crippen molar-refractivity contribution in [3.05, 3.63) is 69.3 Å². The summed E-state index contributed by atoms with van der Waals surface area (Å²) in [5.41, 5.74) is 1.97. The minimum Gasteiger partial charge on any atom is -0.497 e. The monoisotopic (exact) mass is 340 g/mol. The van der Waals surface area contributed by atoms with E-state index in [1.54, 1.807) is 20.1 Å². The quantitative estimate of drug-likeness (QED) is 0.641. The average Bonchev–Trinajstić information content (AvgIpc) is 3.44. The number of methoxy groups -OCH3 is 1. The Bertz CT molecular complexity index is 798. The topological polar surface area (TPSA) is 81.5 Å². The Labute approximate surface area is 146 Å². The summed E-state index contributed by atoms with van der Waals surface area (Å²) in [5, 5.41) is 14.0. The van der Waals surface area contributed by atoms with E-state index in [1.807, 2.05) is 24.3 Å². The van der Waals surface area contributed by atoms with Gasteiger partial charge < -0.3 is 10.1 Å². The molecular formula is C19H20N2O4. The van der Waals surface area contributed by atoms with Crippen molar-refractivity contribution in [3.8, 4) is 5.75 Å². The second kappa shape index (κ2) is 6.93. The van der Waals surface area contributed by atoms with Gasteiger partial charge in [0.05, 0.1) is 18.1 Å². The molecule has 0 aliphatic heterocycles. The van der Waals surface area contributed by atoms with Gasteiger partial charge in [-0.1, -0.05) is 12.1 Å². The zero-order valence-electron chi connectivity index (χ0n) is 14.2. The lowest BCUT2D eigenvalue weighted by Crippen LogP contribution is -2.30. The zero-order chi connectivity index (χ0) is 18.0. The van der Waals surface area contributed by atoms with Crippen molar-refractivity contribution in [3.63, 3.8) is 0 Å². The van der Waals surface area contributed by atoms with Crippen LogP contribution in [0.2, 0.25) is 0 Å². The van der Waals surface area contributed by atoms with E-state index in [-0.39, 0.29) is 17.6 Å². The fourth-order valence-corrected chi connectivity index (χ4v) is 2.94. The molecule has 0 heterocycles. The first kappa shape index (κ1) is 17.0. The molecule has 0 radical (unpaired) electrons. The van der Waals surface area contributed by atoms with Gasteiger partial charge in [0, 0.05) is 17.2 Å². The van der Waals surface area contributed by atoms with Gasteiger partial charge in [-0.15, -0.1) is 0 Å². The minimum atomic E-state index is -0.443. The number of hydrogen-bond donors (Lipinski definition) is 1. The number of aryl methyl sites for hydroxylation is 1. The summed E-state index contributed by atoms with van der Waals surface area (Å²) < 4.78 is 5.18. The third-order valence-electron chi connectivity index (χ3n) is 4.51. The number of nitro benzene ring substituents is 1. The fourth-order valence-electron chi connectivity index (χ4n) is 2.94. The molecule has 6 nitrogen and oxygen atoms in total. The van der Waals surface area contributed by atoms with Crippen molar-refractivity contribution >= 4 is 11.6 Å². The van der Waals surface area contributed by atoms with Crippen LogP contribution in [-0.4, -0.2) is 17.9 Å². The third-order valence-corrected chi connectivity index (χ3v) is 4.51. The van der Waals surface area contributed by atoms with Gasteiger partial charge in [0.25, 0.3) is 11.6 Å². The highest BCUT2D eigenvalue weighted by atomic mass is 16.6. The third kappa shape index (κ3) is 3.79. The van der Waals surface area contributed by atoms with Crippen molar-refractivity contribution < 1.29 is 14.5 Å². The molecular weight excluding hydrogens is 320 g/mol. The maximum Gasteiger partial charge on any atom is 0.272 e. The van der Waals surface area contributed by atoms with E-state index in [4.69, 9.17) is 4.74 Å². The Morgan fingerprint density at radius 2 is 1.92 bits per heavy atom. The lowest BCUT2D eigenvalue weighted by Gasteiger charge is -2.19. The van der Waals surface area contributed by atoms with Gasteiger partial charge in [0.15, 0.2) is 0 Å². The van der Waals surface area contributed by atoms with Gasteiger partial charge in [0.1, 0.15) is 5.75 Å². The molecule has 1 atom stereocenters. The van der Waals surface area contributed by atoms with Crippen molar-refractivity contribution in [1.29, 1.82) is 0 Å². The number of ether oxygens (including phenoxy) is 1. The second-order valence-electron chi connectivity index (χ2n) is 6.32. The molecule has 0 saturated heterocycles. The van der Waals surface area contributed by atoms with Crippen LogP contribution in [-0.2, 0) is 0 Å². The first-order chi connectivity index (χ1) is 12.0. The van der Waals surface area contributed by atoms with E-state index in [9.17, 15) is 14.9 Å². The molecule has 1 unspecified atom stereocenters. The van der Waals surface area contributed by atoms with Crippen molar-refractivity contribution in [2.45, 2.75) is 25.8 Å². The maximum absolute atomic E-state index is 12.6. The second-order valence-corrected chi connectivity index (χ2v) is 6.32. The summed E-state index contributed by atoms with van der Waals surface area (Å²) in [5.74, 6) is 0.984. The SMILES string of the molecule is COc1ccc(C(NC(=O)c2ccc([N+](=O)[O-])c(C)c2)C2CC2)cc1. The highest BCUT2D eigenvalue weighted by Crippen LogP contribution is 2.41. The van der Waals surface area contributed by atoms with Gasteiger partial charge in [-0.3, -0.25) is 14.9 Å². The minimum absolute atomic E-state index is 0.0189. The molecule has 2 aromatic rings. The number of nitrogens with zero attached hydrogens (tertiary/aromatic N) is 1. The van der Waals surface area contributed by atoms with Crippen LogP contribution < -0.4 is 10.1 Å².